The molecule has 37 heavy (non-hydrogen) atoms. The van der Waals surface area contributed by atoms with Crippen LogP contribution in [0.15, 0.2) is 47.7 Å². The molecule has 0 spiro atoms. The van der Waals surface area contributed by atoms with Gasteiger partial charge in [-0.25, -0.2) is 9.78 Å². The molecule has 11 nitrogen and oxygen atoms in total. The number of tetrazole rings is 1. The maximum absolute atomic E-state index is 13.4. The van der Waals surface area contributed by atoms with E-state index < -0.39 is 6.09 Å². The lowest BCUT2D eigenvalue weighted by molar-refractivity contribution is 0.185. The molecule has 3 aromatic heterocycles. The lowest BCUT2D eigenvalue weighted by atomic mass is 9.84. The first-order chi connectivity index (χ1) is 18.0. The number of carboxylic acid groups (broad SMARTS) is 1. The minimum atomic E-state index is -0.970. The van der Waals surface area contributed by atoms with Crippen LogP contribution in [0.4, 0.5) is 4.79 Å². The number of aromatic amines is 1. The molecule has 0 bridgehead atoms. The highest BCUT2D eigenvalue weighted by molar-refractivity contribution is 6.31. The molecular formula is C25H25ClN8O3. The number of imidazole rings is 1. The Hall–Kier alpha value is -3.99. The fourth-order valence-corrected chi connectivity index (χ4v) is 5.84. The van der Waals surface area contributed by atoms with Gasteiger partial charge in [-0.3, -0.25) is 4.79 Å². The average Bonchev–Trinajstić information content (AvgIpc) is 3.65. The molecule has 1 fully saturated rings. The third-order valence-electron chi connectivity index (χ3n) is 7.42. The van der Waals surface area contributed by atoms with Crippen LogP contribution in [0.3, 0.4) is 0 Å². The Labute approximate surface area is 216 Å². The van der Waals surface area contributed by atoms with Crippen LogP contribution in [0, 0.1) is 0 Å². The highest BCUT2D eigenvalue weighted by atomic mass is 35.5. The molecule has 1 aliphatic heterocycles. The largest absolute Gasteiger partial charge is 0.465 e. The molecule has 2 aliphatic rings. The van der Waals surface area contributed by atoms with Gasteiger partial charge in [-0.05, 0) is 78.8 Å². The molecule has 12 heteroatoms. The summed E-state index contributed by atoms with van der Waals surface area (Å²) in [6.07, 6.45) is 7.31. The molecule has 0 saturated heterocycles. The predicted molar refractivity (Wildman–Crippen MR) is 135 cm³/mol. The van der Waals surface area contributed by atoms with Crippen molar-refractivity contribution >= 4 is 17.7 Å². The first-order valence-electron chi connectivity index (χ1n) is 12.3. The van der Waals surface area contributed by atoms with Gasteiger partial charge >= 0.3 is 6.09 Å². The summed E-state index contributed by atoms with van der Waals surface area (Å²) < 4.78 is 3.37. The van der Waals surface area contributed by atoms with Crippen LogP contribution in [0.25, 0.3) is 16.8 Å². The van der Waals surface area contributed by atoms with E-state index in [0.29, 0.717) is 10.9 Å². The maximum Gasteiger partial charge on any atom is 0.404 e. The summed E-state index contributed by atoms with van der Waals surface area (Å²) in [4.78, 5) is 32.4. The zero-order chi connectivity index (χ0) is 25.5. The van der Waals surface area contributed by atoms with Gasteiger partial charge in [-0.2, -0.15) is 4.68 Å². The van der Waals surface area contributed by atoms with Crippen LogP contribution in [-0.4, -0.2) is 52.0 Å². The third-order valence-corrected chi connectivity index (χ3v) is 7.66. The second kappa shape index (κ2) is 9.47. The SMILES string of the molecule is O=C(O)NC1CCC(c2cnc([C@@H]3CCc4cc(-c5cc(Cl)ccc5-n5cnnn5)cc(=O)n43)[nH]2)CC1. The Kier molecular flexibility index (Phi) is 5.99. The minimum Gasteiger partial charge on any atom is -0.465 e. The summed E-state index contributed by atoms with van der Waals surface area (Å²) >= 11 is 6.30. The number of carbonyl (C=O) groups is 1. The molecule has 4 aromatic rings. The predicted octanol–water partition coefficient (Wildman–Crippen LogP) is 3.70. The van der Waals surface area contributed by atoms with Gasteiger partial charge in [0.05, 0.1) is 11.7 Å². The van der Waals surface area contributed by atoms with E-state index in [4.69, 9.17) is 16.7 Å². The Morgan fingerprint density at radius 1 is 1.14 bits per heavy atom. The van der Waals surface area contributed by atoms with Gasteiger partial charge in [0.15, 0.2) is 0 Å². The molecule has 1 aromatic carbocycles. The van der Waals surface area contributed by atoms with Gasteiger partial charge in [0.2, 0.25) is 0 Å². The smallest absolute Gasteiger partial charge is 0.404 e. The van der Waals surface area contributed by atoms with Crippen molar-refractivity contribution in [1.29, 1.82) is 0 Å². The summed E-state index contributed by atoms with van der Waals surface area (Å²) in [7, 11) is 0. The molecule has 0 unspecified atom stereocenters. The number of benzene rings is 1. The van der Waals surface area contributed by atoms with Gasteiger partial charge < -0.3 is 20.0 Å². The van der Waals surface area contributed by atoms with Gasteiger partial charge in [-0.1, -0.05) is 11.6 Å². The van der Waals surface area contributed by atoms with Crippen LogP contribution in [0.5, 0.6) is 0 Å². The standard InChI is InChI=1S/C25H25ClN8O3/c26-16-3-7-21(33-13-28-31-32-33)19(11-16)15-9-18-6-8-22(34(18)23(35)10-15)24-27-12-20(30-24)14-1-4-17(5-2-14)29-25(36)37/h3,7,9-14,17,22,29H,1-2,4-6,8H2,(H,27,30)(H,36,37)/t14?,17?,22-/m0/s1. The van der Waals surface area contributed by atoms with E-state index in [1.54, 1.807) is 16.8 Å². The van der Waals surface area contributed by atoms with Gasteiger partial charge in [0, 0.05) is 46.2 Å². The Balaban J connectivity index is 1.26. The summed E-state index contributed by atoms with van der Waals surface area (Å²) in [6, 6.07) is 8.92. The lowest BCUT2D eigenvalue weighted by Crippen LogP contribution is -2.36. The first kappa shape index (κ1) is 23.4. The average molecular weight is 521 g/mol. The molecule has 1 aliphatic carbocycles. The van der Waals surface area contributed by atoms with Gasteiger partial charge in [0.25, 0.3) is 5.56 Å². The van der Waals surface area contributed by atoms with E-state index in [9.17, 15) is 9.59 Å². The number of nitrogens with zero attached hydrogens (tertiary/aromatic N) is 6. The molecule has 1 saturated carbocycles. The number of amides is 1. The van der Waals surface area contributed by atoms with Crippen molar-refractivity contribution < 1.29 is 9.90 Å². The van der Waals surface area contributed by atoms with Crippen LogP contribution >= 0.6 is 11.6 Å². The highest BCUT2D eigenvalue weighted by Crippen LogP contribution is 2.36. The van der Waals surface area contributed by atoms with Crippen molar-refractivity contribution in [3.63, 3.8) is 0 Å². The number of nitrogens with one attached hydrogen (secondary N) is 2. The summed E-state index contributed by atoms with van der Waals surface area (Å²) in [5, 5.41) is 23.5. The lowest BCUT2D eigenvalue weighted by Gasteiger charge is -2.27. The van der Waals surface area contributed by atoms with Crippen molar-refractivity contribution in [2.24, 2.45) is 0 Å². The molecule has 3 N–H and O–H groups in total. The molecule has 0 radical (unpaired) electrons. The number of pyridine rings is 1. The highest BCUT2D eigenvalue weighted by Gasteiger charge is 2.30. The fourth-order valence-electron chi connectivity index (χ4n) is 5.67. The number of hydrogen-bond acceptors (Lipinski definition) is 6. The van der Waals surface area contributed by atoms with E-state index in [-0.39, 0.29) is 17.6 Å². The van der Waals surface area contributed by atoms with Gasteiger partial charge in [0.1, 0.15) is 12.2 Å². The normalized spacial score (nSPS) is 21.1. The number of fused-ring (bicyclic) bond motifs is 1. The molecule has 1 amide bonds. The van der Waals surface area contributed by atoms with Crippen molar-refractivity contribution in [1.82, 2.24) is 40.1 Å². The van der Waals surface area contributed by atoms with E-state index >= 15 is 0 Å². The van der Waals surface area contributed by atoms with Crippen molar-refractivity contribution in [2.75, 3.05) is 0 Å². The topological polar surface area (TPSA) is 144 Å². The second-order valence-corrected chi connectivity index (χ2v) is 10.1. The van der Waals surface area contributed by atoms with Gasteiger partial charge in [-0.15, -0.1) is 5.10 Å². The summed E-state index contributed by atoms with van der Waals surface area (Å²) in [5.74, 6) is 1.09. The molecule has 4 heterocycles. The first-order valence-corrected chi connectivity index (χ1v) is 12.7. The van der Waals surface area contributed by atoms with E-state index in [1.165, 1.54) is 6.33 Å². The number of hydrogen-bond donors (Lipinski definition) is 3. The molecule has 6 rings (SSSR count). The quantitative estimate of drug-likeness (QED) is 0.364. The minimum absolute atomic E-state index is 0.00598. The van der Waals surface area contributed by atoms with Crippen molar-refractivity contribution in [2.45, 2.75) is 56.5 Å². The van der Waals surface area contributed by atoms with Crippen molar-refractivity contribution in [3.8, 4) is 16.8 Å². The Bertz CT molecular complexity index is 1500. The number of aromatic nitrogens is 7. The number of halogens is 1. The van der Waals surface area contributed by atoms with E-state index in [0.717, 1.165) is 72.6 Å². The zero-order valence-electron chi connectivity index (χ0n) is 19.8. The number of rotatable bonds is 5. The summed E-state index contributed by atoms with van der Waals surface area (Å²) in [6.45, 7) is 0. The van der Waals surface area contributed by atoms with Crippen LogP contribution in [0.2, 0.25) is 5.02 Å². The van der Waals surface area contributed by atoms with E-state index in [1.807, 2.05) is 29.0 Å². The molecule has 190 valence electrons. The summed E-state index contributed by atoms with van der Waals surface area (Å²) in [5.41, 5.74) is 4.15. The fraction of sp³-hybridized carbons (Fsp3) is 0.360. The Morgan fingerprint density at radius 2 is 1.97 bits per heavy atom. The zero-order valence-corrected chi connectivity index (χ0v) is 20.6. The molecular weight excluding hydrogens is 496 g/mol. The number of H-pyrrole nitrogens is 1. The van der Waals surface area contributed by atoms with Crippen LogP contribution < -0.4 is 10.9 Å². The third kappa shape index (κ3) is 4.50. The number of aryl methyl sites for hydroxylation is 1. The molecule has 1 atom stereocenters. The monoisotopic (exact) mass is 520 g/mol. The van der Waals surface area contributed by atoms with Crippen LogP contribution in [0.1, 0.15) is 61.3 Å². The van der Waals surface area contributed by atoms with Crippen LogP contribution in [-0.2, 0) is 6.42 Å². The Morgan fingerprint density at radius 3 is 2.73 bits per heavy atom. The van der Waals surface area contributed by atoms with Crippen molar-refractivity contribution in [3.05, 3.63) is 75.4 Å². The maximum atomic E-state index is 13.4. The second-order valence-electron chi connectivity index (χ2n) is 9.64. The van der Waals surface area contributed by atoms with E-state index in [2.05, 4.69) is 30.8 Å².